The maximum Gasteiger partial charge on any atom is 0.264 e. The highest BCUT2D eigenvalue weighted by Gasteiger charge is 2.27. The first kappa shape index (κ1) is 21.3. The average molecular weight is 426 g/mol. The first-order valence-electron chi connectivity index (χ1n) is 9.42. The van der Waals surface area contributed by atoms with Gasteiger partial charge in [-0.3, -0.25) is 14.1 Å². The highest BCUT2D eigenvalue weighted by molar-refractivity contribution is 7.92. The summed E-state index contributed by atoms with van der Waals surface area (Å²) in [5, 5.41) is 2.68. The Hall–Kier alpha value is -3.39. The van der Waals surface area contributed by atoms with E-state index in [-0.39, 0.29) is 11.4 Å². The predicted octanol–water partition coefficient (Wildman–Crippen LogP) is 3.62. The van der Waals surface area contributed by atoms with Crippen molar-refractivity contribution in [3.8, 4) is 5.75 Å². The summed E-state index contributed by atoms with van der Waals surface area (Å²) in [5.74, 6) is 0.103. The number of hydrogen-bond donors (Lipinski definition) is 1. The Morgan fingerprint density at radius 1 is 1.07 bits per heavy atom. The zero-order valence-corrected chi connectivity index (χ0v) is 17.6. The van der Waals surface area contributed by atoms with Gasteiger partial charge >= 0.3 is 0 Å². The van der Waals surface area contributed by atoms with E-state index < -0.39 is 15.9 Å². The lowest BCUT2D eigenvalue weighted by atomic mass is 10.2. The van der Waals surface area contributed by atoms with Gasteiger partial charge in [0.05, 0.1) is 29.1 Å². The minimum absolute atomic E-state index is 0.0701. The molecule has 156 valence electrons. The monoisotopic (exact) mass is 425 g/mol. The molecule has 0 fully saturated rings. The molecular weight excluding hydrogens is 402 g/mol. The molecule has 0 aliphatic heterocycles. The number of sulfonamides is 1. The Balaban J connectivity index is 1.92. The average Bonchev–Trinajstić information content (AvgIpc) is 2.74. The van der Waals surface area contributed by atoms with Crippen molar-refractivity contribution in [1.29, 1.82) is 0 Å². The number of aryl methyl sites for hydroxylation is 1. The van der Waals surface area contributed by atoms with Crippen LogP contribution in [0.25, 0.3) is 0 Å². The van der Waals surface area contributed by atoms with E-state index in [1.165, 1.54) is 18.3 Å². The van der Waals surface area contributed by atoms with Gasteiger partial charge in [0.2, 0.25) is 5.91 Å². The van der Waals surface area contributed by atoms with Crippen LogP contribution in [0.3, 0.4) is 0 Å². The van der Waals surface area contributed by atoms with E-state index in [1.807, 2.05) is 13.8 Å². The summed E-state index contributed by atoms with van der Waals surface area (Å²) >= 11 is 0. The first-order chi connectivity index (χ1) is 14.4. The Morgan fingerprint density at radius 3 is 2.37 bits per heavy atom. The molecule has 1 amide bonds. The van der Waals surface area contributed by atoms with Crippen LogP contribution in [0.15, 0.2) is 78.0 Å². The number of hydrogen-bond acceptors (Lipinski definition) is 5. The maximum atomic E-state index is 13.4. The number of benzene rings is 2. The van der Waals surface area contributed by atoms with Crippen molar-refractivity contribution in [2.24, 2.45) is 0 Å². The third kappa shape index (κ3) is 5.15. The highest BCUT2D eigenvalue weighted by atomic mass is 32.2. The number of carbonyl (C=O) groups excluding carboxylic acids is 1. The van der Waals surface area contributed by atoms with E-state index in [0.29, 0.717) is 23.7 Å². The van der Waals surface area contributed by atoms with Crippen molar-refractivity contribution in [3.05, 3.63) is 78.6 Å². The van der Waals surface area contributed by atoms with Crippen molar-refractivity contribution in [2.75, 3.05) is 22.8 Å². The summed E-state index contributed by atoms with van der Waals surface area (Å²) in [6.07, 6.45) is 3.08. The number of amides is 1. The molecule has 0 atom stereocenters. The van der Waals surface area contributed by atoms with Crippen LogP contribution in [-0.4, -0.2) is 32.5 Å². The second-order valence-electron chi connectivity index (χ2n) is 6.54. The van der Waals surface area contributed by atoms with E-state index >= 15 is 0 Å². The van der Waals surface area contributed by atoms with E-state index in [2.05, 4.69) is 10.3 Å². The second kappa shape index (κ2) is 9.41. The van der Waals surface area contributed by atoms with Gasteiger partial charge in [-0.05, 0) is 62.4 Å². The molecule has 2 aromatic carbocycles. The number of pyridine rings is 1. The topological polar surface area (TPSA) is 88.6 Å². The molecule has 0 aliphatic rings. The van der Waals surface area contributed by atoms with Gasteiger partial charge < -0.3 is 10.1 Å². The number of carbonyl (C=O) groups is 1. The fourth-order valence-corrected chi connectivity index (χ4v) is 4.22. The van der Waals surface area contributed by atoms with E-state index in [4.69, 9.17) is 4.74 Å². The predicted molar refractivity (Wildman–Crippen MR) is 116 cm³/mol. The summed E-state index contributed by atoms with van der Waals surface area (Å²) in [6, 6.07) is 16.5. The van der Waals surface area contributed by atoms with E-state index in [9.17, 15) is 13.2 Å². The maximum absolute atomic E-state index is 13.4. The Bertz CT molecular complexity index is 1080. The molecule has 1 N–H and O–H groups in total. The number of nitrogens with zero attached hydrogens (tertiary/aromatic N) is 2. The van der Waals surface area contributed by atoms with Crippen LogP contribution >= 0.6 is 0 Å². The van der Waals surface area contributed by atoms with Crippen LogP contribution in [0, 0.1) is 6.92 Å². The molecular formula is C22H23N3O4S. The molecule has 1 heterocycles. The molecule has 3 aromatic rings. The molecule has 0 saturated carbocycles. The van der Waals surface area contributed by atoms with Crippen molar-refractivity contribution in [1.82, 2.24) is 4.98 Å². The van der Waals surface area contributed by atoms with Crippen LogP contribution in [0.5, 0.6) is 5.75 Å². The summed E-state index contributed by atoms with van der Waals surface area (Å²) in [7, 11) is -3.98. The van der Waals surface area contributed by atoms with Crippen LogP contribution in [0.1, 0.15) is 12.5 Å². The normalized spacial score (nSPS) is 11.0. The van der Waals surface area contributed by atoms with Gasteiger partial charge in [-0.2, -0.15) is 0 Å². The van der Waals surface area contributed by atoms with E-state index in [0.717, 1.165) is 9.87 Å². The van der Waals surface area contributed by atoms with Gasteiger partial charge in [0, 0.05) is 6.20 Å². The summed E-state index contributed by atoms with van der Waals surface area (Å²) in [4.78, 5) is 16.6. The Labute approximate surface area is 176 Å². The number of nitrogens with one attached hydrogen (secondary N) is 1. The van der Waals surface area contributed by atoms with E-state index in [1.54, 1.807) is 54.7 Å². The zero-order valence-electron chi connectivity index (χ0n) is 16.8. The van der Waals surface area contributed by atoms with Gasteiger partial charge in [-0.15, -0.1) is 0 Å². The molecule has 8 heteroatoms. The third-order valence-electron chi connectivity index (χ3n) is 4.28. The highest BCUT2D eigenvalue weighted by Crippen LogP contribution is 2.25. The molecule has 0 bridgehead atoms. The number of anilines is 2. The Kier molecular flexibility index (Phi) is 6.68. The molecule has 0 spiro atoms. The van der Waals surface area contributed by atoms with Crippen LogP contribution in [0.4, 0.5) is 11.4 Å². The SMILES string of the molecule is CCOc1ccc(S(=O)(=O)N(CC(=O)Nc2cccnc2)c2ccc(C)cc2)cc1. The van der Waals surface area contributed by atoms with Crippen LogP contribution < -0.4 is 14.4 Å². The molecule has 3 rings (SSSR count). The largest absolute Gasteiger partial charge is 0.494 e. The molecule has 0 unspecified atom stereocenters. The molecule has 7 nitrogen and oxygen atoms in total. The number of rotatable bonds is 8. The van der Waals surface area contributed by atoms with Gasteiger partial charge in [-0.25, -0.2) is 8.42 Å². The lowest BCUT2D eigenvalue weighted by Gasteiger charge is -2.24. The van der Waals surface area contributed by atoms with Crippen molar-refractivity contribution in [2.45, 2.75) is 18.7 Å². The summed E-state index contributed by atoms with van der Waals surface area (Å²) < 4.78 is 33.2. The van der Waals surface area contributed by atoms with Crippen LogP contribution in [0.2, 0.25) is 0 Å². The van der Waals surface area contributed by atoms with Gasteiger partial charge in [0.1, 0.15) is 12.3 Å². The molecule has 30 heavy (non-hydrogen) atoms. The lowest BCUT2D eigenvalue weighted by Crippen LogP contribution is -2.38. The molecule has 1 aromatic heterocycles. The standard InChI is InChI=1S/C22H23N3O4S/c1-3-29-20-10-12-21(13-11-20)30(27,28)25(19-8-6-17(2)7-9-19)16-22(26)24-18-5-4-14-23-15-18/h4-15H,3,16H2,1-2H3,(H,24,26). The summed E-state index contributed by atoms with van der Waals surface area (Å²) in [6.45, 7) is 3.86. The van der Waals surface area contributed by atoms with Gasteiger partial charge in [-0.1, -0.05) is 17.7 Å². The fourth-order valence-electron chi connectivity index (χ4n) is 2.80. The molecule has 0 saturated heterocycles. The third-order valence-corrected chi connectivity index (χ3v) is 6.07. The Morgan fingerprint density at radius 2 is 1.77 bits per heavy atom. The minimum atomic E-state index is -3.98. The first-order valence-corrected chi connectivity index (χ1v) is 10.9. The van der Waals surface area contributed by atoms with Crippen molar-refractivity contribution < 1.29 is 17.9 Å². The van der Waals surface area contributed by atoms with Gasteiger partial charge in [0.15, 0.2) is 0 Å². The number of aromatic nitrogens is 1. The van der Waals surface area contributed by atoms with Gasteiger partial charge in [0.25, 0.3) is 10.0 Å². The smallest absolute Gasteiger partial charge is 0.264 e. The fraction of sp³-hybridized carbons (Fsp3) is 0.182. The minimum Gasteiger partial charge on any atom is -0.494 e. The zero-order chi connectivity index (χ0) is 21.6. The molecule has 0 radical (unpaired) electrons. The lowest BCUT2D eigenvalue weighted by molar-refractivity contribution is -0.114. The molecule has 0 aliphatic carbocycles. The number of ether oxygens (including phenoxy) is 1. The van der Waals surface area contributed by atoms with Crippen molar-refractivity contribution >= 4 is 27.3 Å². The second-order valence-corrected chi connectivity index (χ2v) is 8.40. The summed E-state index contributed by atoms with van der Waals surface area (Å²) in [5.41, 5.74) is 1.87. The quantitative estimate of drug-likeness (QED) is 0.595. The van der Waals surface area contributed by atoms with Crippen molar-refractivity contribution in [3.63, 3.8) is 0 Å². The van der Waals surface area contributed by atoms with Crippen LogP contribution in [-0.2, 0) is 14.8 Å².